The van der Waals surface area contributed by atoms with Crippen LogP contribution in [0.4, 0.5) is 0 Å². The molecule has 0 spiro atoms. The van der Waals surface area contributed by atoms with Crippen molar-refractivity contribution in [1.29, 1.82) is 0 Å². The van der Waals surface area contributed by atoms with Gasteiger partial charge in [-0.15, -0.1) is 0 Å². The van der Waals surface area contributed by atoms with Crippen molar-refractivity contribution in [3.05, 3.63) is 11.6 Å². The normalized spacial score (nSPS) is 24.8. The van der Waals surface area contributed by atoms with Crippen molar-refractivity contribution < 1.29 is 4.79 Å². The van der Waals surface area contributed by atoms with Gasteiger partial charge in [-0.25, -0.2) is 0 Å². The largest absolute Gasteiger partial charge is 0.299 e. The third-order valence-electron chi connectivity index (χ3n) is 2.63. The van der Waals surface area contributed by atoms with Crippen molar-refractivity contribution in [2.45, 2.75) is 39.0 Å². The van der Waals surface area contributed by atoms with E-state index in [1.165, 1.54) is 24.8 Å². The Balaban J connectivity index is 2.35. The summed E-state index contributed by atoms with van der Waals surface area (Å²) in [6, 6.07) is 0. The Morgan fingerprint density at radius 1 is 1.45 bits per heavy atom. The predicted molar refractivity (Wildman–Crippen MR) is 46.4 cm³/mol. The number of hydrogen-bond donors (Lipinski definition) is 0. The van der Waals surface area contributed by atoms with Crippen LogP contribution in [0.1, 0.15) is 39.0 Å². The number of carbonyl (C=O) groups excluding carboxylic acids is 1. The summed E-state index contributed by atoms with van der Waals surface area (Å²) < 4.78 is 0. The molecule has 0 N–H and O–H groups in total. The van der Waals surface area contributed by atoms with Crippen LogP contribution < -0.4 is 0 Å². The fourth-order valence-corrected chi connectivity index (χ4v) is 1.72. The SMILES string of the molecule is CCC1CCC(=CC=O)CC1. The van der Waals surface area contributed by atoms with Crippen molar-refractivity contribution >= 4 is 6.29 Å². The van der Waals surface area contributed by atoms with Crippen LogP contribution in [0.2, 0.25) is 0 Å². The first-order valence-corrected chi connectivity index (χ1v) is 4.50. The van der Waals surface area contributed by atoms with Gasteiger partial charge in [0.15, 0.2) is 0 Å². The first-order chi connectivity index (χ1) is 5.36. The maximum absolute atomic E-state index is 10.1. The molecule has 0 amide bonds. The summed E-state index contributed by atoms with van der Waals surface area (Å²) in [6.07, 6.45) is 8.84. The van der Waals surface area contributed by atoms with Crippen LogP contribution in [0.15, 0.2) is 11.6 Å². The van der Waals surface area contributed by atoms with Crippen molar-refractivity contribution in [2.75, 3.05) is 0 Å². The molecule has 1 aliphatic rings. The van der Waals surface area contributed by atoms with Gasteiger partial charge in [0.2, 0.25) is 0 Å². The van der Waals surface area contributed by atoms with Gasteiger partial charge in [0.1, 0.15) is 6.29 Å². The quantitative estimate of drug-likeness (QED) is 0.439. The molecule has 0 unspecified atom stereocenters. The second kappa shape index (κ2) is 4.32. The molecule has 11 heavy (non-hydrogen) atoms. The zero-order valence-corrected chi connectivity index (χ0v) is 7.18. The van der Waals surface area contributed by atoms with Gasteiger partial charge in [-0.2, -0.15) is 0 Å². The van der Waals surface area contributed by atoms with Crippen LogP contribution in [0.25, 0.3) is 0 Å². The average Bonchev–Trinajstić information content (AvgIpc) is 2.07. The number of hydrogen-bond acceptors (Lipinski definition) is 1. The molecule has 0 aromatic carbocycles. The lowest BCUT2D eigenvalue weighted by molar-refractivity contribution is -0.104. The van der Waals surface area contributed by atoms with E-state index in [2.05, 4.69) is 6.92 Å². The Kier molecular flexibility index (Phi) is 3.34. The summed E-state index contributed by atoms with van der Waals surface area (Å²) >= 11 is 0. The molecule has 0 aromatic heterocycles. The van der Waals surface area contributed by atoms with E-state index in [4.69, 9.17) is 0 Å². The van der Waals surface area contributed by atoms with E-state index in [1.807, 2.05) is 0 Å². The number of allylic oxidation sites excluding steroid dienone is 2. The number of rotatable bonds is 2. The van der Waals surface area contributed by atoms with Crippen molar-refractivity contribution in [3.8, 4) is 0 Å². The monoisotopic (exact) mass is 152 g/mol. The lowest BCUT2D eigenvalue weighted by Gasteiger charge is -2.21. The summed E-state index contributed by atoms with van der Waals surface area (Å²) in [4.78, 5) is 10.1. The van der Waals surface area contributed by atoms with Gasteiger partial charge < -0.3 is 0 Å². The molecule has 1 nitrogen and oxygen atoms in total. The van der Waals surface area contributed by atoms with Crippen LogP contribution in [-0.2, 0) is 4.79 Å². The predicted octanol–water partition coefficient (Wildman–Crippen LogP) is 2.71. The minimum absolute atomic E-state index is 0.916. The topological polar surface area (TPSA) is 17.1 Å². The van der Waals surface area contributed by atoms with E-state index in [0.29, 0.717) is 0 Å². The van der Waals surface area contributed by atoms with Gasteiger partial charge >= 0.3 is 0 Å². The van der Waals surface area contributed by atoms with Gasteiger partial charge in [0.05, 0.1) is 0 Å². The minimum atomic E-state index is 0.916. The van der Waals surface area contributed by atoms with Gasteiger partial charge in [-0.1, -0.05) is 18.9 Å². The fraction of sp³-hybridized carbons (Fsp3) is 0.700. The molecule has 62 valence electrons. The highest BCUT2D eigenvalue weighted by molar-refractivity contribution is 5.66. The zero-order chi connectivity index (χ0) is 8.10. The smallest absolute Gasteiger partial charge is 0.142 e. The number of carbonyl (C=O) groups is 1. The molecule has 1 aliphatic carbocycles. The highest BCUT2D eigenvalue weighted by Crippen LogP contribution is 2.29. The lowest BCUT2D eigenvalue weighted by atomic mass is 9.84. The molecule has 0 radical (unpaired) electrons. The first-order valence-electron chi connectivity index (χ1n) is 4.50. The molecule has 0 aliphatic heterocycles. The minimum Gasteiger partial charge on any atom is -0.299 e. The van der Waals surface area contributed by atoms with E-state index in [-0.39, 0.29) is 0 Å². The summed E-state index contributed by atoms with van der Waals surface area (Å²) in [5, 5.41) is 0. The van der Waals surface area contributed by atoms with Crippen molar-refractivity contribution in [1.82, 2.24) is 0 Å². The molecule has 1 fully saturated rings. The average molecular weight is 152 g/mol. The molecule has 0 heterocycles. The Hall–Kier alpha value is -0.590. The molecule has 0 aromatic rings. The molecular weight excluding hydrogens is 136 g/mol. The molecule has 1 rings (SSSR count). The first kappa shape index (κ1) is 8.51. The third-order valence-corrected chi connectivity index (χ3v) is 2.63. The highest BCUT2D eigenvalue weighted by Gasteiger charge is 2.13. The van der Waals surface area contributed by atoms with Crippen LogP contribution in [0.5, 0.6) is 0 Å². The Morgan fingerprint density at radius 3 is 2.55 bits per heavy atom. The van der Waals surface area contributed by atoms with E-state index in [1.54, 1.807) is 6.08 Å². The summed E-state index contributed by atoms with van der Waals surface area (Å²) in [6.45, 7) is 2.25. The second-order valence-electron chi connectivity index (χ2n) is 3.31. The molecule has 0 saturated heterocycles. The second-order valence-corrected chi connectivity index (χ2v) is 3.31. The molecule has 0 bridgehead atoms. The van der Waals surface area contributed by atoms with Crippen LogP contribution in [-0.4, -0.2) is 6.29 Å². The lowest BCUT2D eigenvalue weighted by Crippen LogP contribution is -2.06. The Labute approximate surface area is 68.5 Å². The van der Waals surface area contributed by atoms with Gasteiger partial charge in [-0.05, 0) is 37.7 Å². The maximum atomic E-state index is 10.1. The maximum Gasteiger partial charge on any atom is 0.142 e. The summed E-state index contributed by atoms with van der Waals surface area (Å²) in [7, 11) is 0. The summed E-state index contributed by atoms with van der Waals surface area (Å²) in [5.74, 6) is 0.916. The van der Waals surface area contributed by atoms with Gasteiger partial charge in [0, 0.05) is 0 Å². The third kappa shape index (κ3) is 2.49. The van der Waals surface area contributed by atoms with E-state index < -0.39 is 0 Å². The van der Waals surface area contributed by atoms with Gasteiger partial charge in [0.25, 0.3) is 0 Å². The molecule has 0 atom stereocenters. The van der Waals surface area contributed by atoms with E-state index >= 15 is 0 Å². The van der Waals surface area contributed by atoms with E-state index in [9.17, 15) is 4.79 Å². The number of aldehydes is 1. The van der Waals surface area contributed by atoms with Gasteiger partial charge in [-0.3, -0.25) is 4.79 Å². The molecule has 1 saturated carbocycles. The zero-order valence-electron chi connectivity index (χ0n) is 7.18. The van der Waals surface area contributed by atoms with Crippen molar-refractivity contribution in [3.63, 3.8) is 0 Å². The molecular formula is C10H16O. The Morgan fingerprint density at radius 2 is 2.09 bits per heavy atom. The van der Waals surface area contributed by atoms with Crippen LogP contribution >= 0.6 is 0 Å². The highest BCUT2D eigenvalue weighted by atomic mass is 16.1. The Bertz CT molecular complexity index is 148. The van der Waals surface area contributed by atoms with E-state index in [0.717, 1.165) is 25.0 Å². The van der Waals surface area contributed by atoms with Crippen molar-refractivity contribution in [2.24, 2.45) is 5.92 Å². The summed E-state index contributed by atoms with van der Waals surface area (Å²) in [5.41, 5.74) is 1.35. The van der Waals surface area contributed by atoms with Crippen LogP contribution in [0, 0.1) is 5.92 Å². The standard InChI is InChI=1S/C10H16O/c1-2-9-3-5-10(6-4-9)7-8-11/h7-9H,2-6H2,1H3. The fourth-order valence-electron chi connectivity index (χ4n) is 1.72. The molecule has 1 heteroatoms. The van der Waals surface area contributed by atoms with Crippen LogP contribution in [0.3, 0.4) is 0 Å².